The van der Waals surface area contributed by atoms with Crippen LogP contribution in [0.1, 0.15) is 6.42 Å². The average Bonchev–Trinajstić information content (AvgIpc) is 1.65. The Morgan fingerprint density at radius 2 is 1.89 bits per heavy atom. The molecule has 6 heteroatoms. The maximum atomic E-state index is 9.77. The van der Waals surface area contributed by atoms with Crippen LogP contribution in [0.3, 0.4) is 0 Å². The molecule has 0 atom stereocenters. The molecule has 0 aromatic rings. The van der Waals surface area contributed by atoms with Gasteiger partial charge < -0.3 is 9.99 Å². The zero-order chi connectivity index (χ0) is 6.57. The predicted molar refractivity (Wildman–Crippen MR) is 28.1 cm³/mol. The number of carbonyl (C=O) groups is 2. The average molecular weight is 160 g/mol. The van der Waals surface area contributed by atoms with E-state index in [1.165, 1.54) is 0 Å². The Morgan fingerprint density at radius 3 is 2.00 bits per heavy atom. The molecule has 2 N–H and O–H groups in total. The van der Waals surface area contributed by atoms with Gasteiger partial charge in [0.05, 0.1) is 0 Å². The molecule has 0 saturated heterocycles. The van der Waals surface area contributed by atoms with Gasteiger partial charge in [-0.3, -0.25) is 4.79 Å². The van der Waals surface area contributed by atoms with Crippen LogP contribution >= 0.6 is 0 Å². The molecular weight excluding hydrogens is 155 g/mol. The molecule has 0 bridgehead atoms. The van der Waals surface area contributed by atoms with Gasteiger partial charge in [-0.25, -0.2) is 4.79 Å². The molecule has 0 unspecified atom stereocenters. The Bertz CT molecular complexity index is 111. The quantitative estimate of drug-likeness (QED) is 0.230. The van der Waals surface area contributed by atoms with E-state index in [1.54, 1.807) is 0 Å². The molecule has 0 heterocycles. The SMILES string of the molecule is O=C(O)CC(=O)OO.[KH]. The summed E-state index contributed by atoms with van der Waals surface area (Å²) in [5.41, 5.74) is 0. The first-order chi connectivity index (χ1) is 3.66. The number of rotatable bonds is 2. The van der Waals surface area contributed by atoms with E-state index in [4.69, 9.17) is 10.4 Å². The summed E-state index contributed by atoms with van der Waals surface area (Å²) < 4.78 is 0. The second kappa shape index (κ2) is 6.65. The Balaban J connectivity index is 0. The molecule has 0 saturated carbocycles. The van der Waals surface area contributed by atoms with E-state index in [0.717, 1.165) is 0 Å². The second-order valence-corrected chi connectivity index (χ2v) is 1.03. The third-order valence-corrected chi connectivity index (χ3v) is 0.397. The number of carboxylic acids is 1. The Morgan fingerprint density at radius 1 is 1.44 bits per heavy atom. The zero-order valence-electron chi connectivity index (χ0n) is 3.83. The van der Waals surface area contributed by atoms with Crippen molar-refractivity contribution in [3.8, 4) is 0 Å². The molecule has 5 nitrogen and oxygen atoms in total. The van der Waals surface area contributed by atoms with E-state index in [1.807, 2.05) is 0 Å². The minimum atomic E-state index is -1.33. The molecule has 0 radical (unpaired) electrons. The molecular formula is C3H5KO5. The summed E-state index contributed by atoms with van der Waals surface area (Å²) >= 11 is 0. The van der Waals surface area contributed by atoms with Gasteiger partial charge in [0.15, 0.2) is 0 Å². The molecule has 0 spiro atoms. The molecule has 0 aromatic carbocycles. The van der Waals surface area contributed by atoms with Crippen LogP contribution in [0.5, 0.6) is 0 Å². The van der Waals surface area contributed by atoms with E-state index in [9.17, 15) is 9.59 Å². The van der Waals surface area contributed by atoms with E-state index < -0.39 is 18.4 Å². The molecule has 0 amide bonds. The van der Waals surface area contributed by atoms with Crippen molar-refractivity contribution in [1.82, 2.24) is 0 Å². The predicted octanol–water partition coefficient (Wildman–Crippen LogP) is -1.17. The van der Waals surface area contributed by atoms with E-state index in [0.29, 0.717) is 0 Å². The standard InChI is InChI=1S/C3H4O5.K.H/c4-2(5)1-3(6)8-7;;/h7H,1H2,(H,4,5);;. The van der Waals surface area contributed by atoms with Crippen LogP contribution in [0.4, 0.5) is 0 Å². The second-order valence-electron chi connectivity index (χ2n) is 1.03. The zero-order valence-corrected chi connectivity index (χ0v) is 3.83. The summed E-state index contributed by atoms with van der Waals surface area (Å²) in [4.78, 5) is 22.4. The third-order valence-electron chi connectivity index (χ3n) is 0.397. The van der Waals surface area contributed by atoms with Crippen LogP contribution in [-0.4, -0.2) is 73.7 Å². The summed E-state index contributed by atoms with van der Waals surface area (Å²) in [5.74, 6) is -2.50. The molecule has 0 aliphatic heterocycles. The van der Waals surface area contributed by atoms with Crippen molar-refractivity contribution in [2.24, 2.45) is 0 Å². The van der Waals surface area contributed by atoms with E-state index in [-0.39, 0.29) is 51.4 Å². The summed E-state index contributed by atoms with van der Waals surface area (Å²) in [5, 5.41) is 15.3. The van der Waals surface area contributed by atoms with Gasteiger partial charge in [0, 0.05) is 0 Å². The summed E-state index contributed by atoms with van der Waals surface area (Å²) in [6.45, 7) is 0. The molecule has 48 valence electrons. The van der Waals surface area contributed by atoms with E-state index >= 15 is 0 Å². The fourth-order valence-electron chi connectivity index (χ4n) is 0.156. The van der Waals surface area contributed by atoms with Gasteiger partial charge in [-0.15, -0.1) is 0 Å². The van der Waals surface area contributed by atoms with Crippen molar-refractivity contribution >= 4 is 63.3 Å². The monoisotopic (exact) mass is 160 g/mol. The van der Waals surface area contributed by atoms with Crippen LogP contribution in [0.25, 0.3) is 0 Å². The van der Waals surface area contributed by atoms with Crippen molar-refractivity contribution in [2.45, 2.75) is 6.42 Å². The van der Waals surface area contributed by atoms with Gasteiger partial charge in [-0.05, 0) is 0 Å². The Labute approximate surface area is 93.3 Å². The van der Waals surface area contributed by atoms with E-state index in [2.05, 4.69) is 4.89 Å². The number of carbonyl (C=O) groups excluding carboxylic acids is 1. The van der Waals surface area contributed by atoms with Crippen LogP contribution in [0, 0.1) is 0 Å². The topological polar surface area (TPSA) is 83.8 Å². The van der Waals surface area contributed by atoms with Crippen molar-refractivity contribution in [3.63, 3.8) is 0 Å². The summed E-state index contributed by atoms with van der Waals surface area (Å²) in [7, 11) is 0. The van der Waals surface area contributed by atoms with Gasteiger partial charge in [0.2, 0.25) is 0 Å². The fraction of sp³-hybridized carbons (Fsp3) is 0.333. The number of carboxylic acid groups (broad SMARTS) is 1. The first kappa shape index (κ1) is 12.2. The first-order valence-electron chi connectivity index (χ1n) is 1.73. The Hall–Kier alpha value is 0.536. The minimum absolute atomic E-state index is 0. The molecule has 9 heavy (non-hydrogen) atoms. The van der Waals surface area contributed by atoms with Gasteiger partial charge in [0.25, 0.3) is 0 Å². The normalized spacial score (nSPS) is 7.22. The van der Waals surface area contributed by atoms with Crippen LogP contribution < -0.4 is 0 Å². The van der Waals surface area contributed by atoms with Crippen molar-refractivity contribution < 1.29 is 24.8 Å². The maximum absolute atomic E-state index is 9.77. The number of aliphatic carboxylic acids is 1. The van der Waals surface area contributed by atoms with Gasteiger partial charge in [0.1, 0.15) is 6.42 Å². The molecule has 0 rings (SSSR count). The number of hydrogen-bond acceptors (Lipinski definition) is 4. The van der Waals surface area contributed by atoms with Crippen LogP contribution in [0.15, 0.2) is 0 Å². The molecule has 0 aromatic heterocycles. The first-order valence-corrected chi connectivity index (χ1v) is 1.73. The molecule has 0 fully saturated rings. The summed E-state index contributed by atoms with van der Waals surface area (Å²) in [6.07, 6.45) is -0.809. The van der Waals surface area contributed by atoms with Crippen LogP contribution in [-0.2, 0) is 14.5 Å². The van der Waals surface area contributed by atoms with Crippen molar-refractivity contribution in [1.29, 1.82) is 0 Å². The van der Waals surface area contributed by atoms with Crippen molar-refractivity contribution in [3.05, 3.63) is 0 Å². The third kappa shape index (κ3) is 8.54. The Kier molecular flexibility index (Phi) is 9.05. The van der Waals surface area contributed by atoms with Crippen molar-refractivity contribution in [2.75, 3.05) is 0 Å². The number of hydrogen-bond donors (Lipinski definition) is 2. The van der Waals surface area contributed by atoms with Gasteiger partial charge in [-0.1, -0.05) is 0 Å². The molecule has 0 aliphatic carbocycles. The summed E-state index contributed by atoms with van der Waals surface area (Å²) in [6, 6.07) is 0. The molecule has 0 aliphatic rings. The van der Waals surface area contributed by atoms with Gasteiger partial charge >= 0.3 is 63.3 Å². The van der Waals surface area contributed by atoms with Crippen LogP contribution in [0.2, 0.25) is 0 Å². The van der Waals surface area contributed by atoms with Gasteiger partial charge in [-0.2, -0.15) is 5.26 Å². The fourth-order valence-corrected chi connectivity index (χ4v) is 0.156.